The summed E-state index contributed by atoms with van der Waals surface area (Å²) in [5, 5.41) is 4.24. The van der Waals surface area contributed by atoms with Crippen molar-refractivity contribution in [3.8, 4) is 5.75 Å². The number of anilines is 1. The molecule has 11 heteroatoms. The molecule has 1 aromatic carbocycles. The van der Waals surface area contributed by atoms with Gasteiger partial charge in [0.05, 0.1) is 46.2 Å². The van der Waals surface area contributed by atoms with E-state index in [9.17, 15) is 17.8 Å². The zero-order valence-electron chi connectivity index (χ0n) is 21.7. The highest BCUT2D eigenvalue weighted by Crippen LogP contribution is 2.42. The second kappa shape index (κ2) is 9.85. The lowest BCUT2D eigenvalue weighted by atomic mass is 10.0. The molecule has 2 saturated heterocycles. The maximum atomic E-state index is 14.9. The topological polar surface area (TPSA) is 85.2 Å². The number of ether oxygens (including phenoxy) is 2. The summed E-state index contributed by atoms with van der Waals surface area (Å²) in [4.78, 5) is 14.9. The third-order valence-corrected chi connectivity index (χ3v) is 9.58. The Labute approximate surface area is 221 Å². The predicted molar refractivity (Wildman–Crippen MR) is 144 cm³/mol. The molecule has 0 radical (unpaired) electrons. The quantitative estimate of drug-likeness (QED) is 0.469. The first kappa shape index (κ1) is 26.4. The molecule has 0 aliphatic carbocycles. The number of halogens is 2. The average Bonchev–Trinajstić information content (AvgIpc) is 3.58. The van der Waals surface area contributed by atoms with Crippen LogP contribution in [0, 0.1) is 5.82 Å². The standard InChI is InChI=1S/C27H32F2N4O4S/c1-27(2,3)38(4,35)31-26(34)22-14-30-33-9-7-19(13-24(22)33)32-15-18(29)12-23(32)21-11-17(28)5-6-25(21)37-20-8-10-36-16-20/h5-7,9,11,13-14,18,20,23H,4,8,10,12,15-16H2,1-3H3,(H,31,34,35)/t18-,20?,23+,38?/m0/s1. The van der Waals surface area contributed by atoms with Gasteiger partial charge in [0.15, 0.2) is 0 Å². The van der Waals surface area contributed by atoms with Gasteiger partial charge in [-0.2, -0.15) is 5.10 Å². The van der Waals surface area contributed by atoms with Gasteiger partial charge >= 0.3 is 0 Å². The molecule has 204 valence electrons. The van der Waals surface area contributed by atoms with Crippen molar-refractivity contribution in [3.05, 3.63) is 59.7 Å². The number of aromatic nitrogens is 2. The molecule has 38 heavy (non-hydrogen) atoms. The molecule has 4 atom stereocenters. The number of fused-ring (bicyclic) bond motifs is 1. The van der Waals surface area contributed by atoms with E-state index in [4.69, 9.17) is 9.47 Å². The number of carbonyl (C=O) groups excluding carboxylic acids is 1. The van der Waals surface area contributed by atoms with Crippen molar-refractivity contribution in [2.24, 2.45) is 0 Å². The fourth-order valence-electron chi connectivity index (χ4n) is 4.72. The van der Waals surface area contributed by atoms with Crippen LogP contribution in [0.5, 0.6) is 5.75 Å². The van der Waals surface area contributed by atoms with Gasteiger partial charge in [-0.05, 0) is 57.0 Å². The maximum absolute atomic E-state index is 14.9. The Morgan fingerprint density at radius 3 is 2.79 bits per heavy atom. The summed E-state index contributed by atoms with van der Waals surface area (Å²) >= 11 is 0. The molecule has 2 aliphatic heterocycles. The van der Waals surface area contributed by atoms with Gasteiger partial charge in [-0.15, -0.1) is 0 Å². The number of alkyl halides is 1. The zero-order valence-corrected chi connectivity index (χ0v) is 22.5. The molecule has 0 saturated carbocycles. The first-order valence-electron chi connectivity index (χ1n) is 12.5. The Morgan fingerprint density at radius 1 is 1.29 bits per heavy atom. The minimum absolute atomic E-state index is 0.0930. The van der Waals surface area contributed by atoms with E-state index >= 15 is 0 Å². The van der Waals surface area contributed by atoms with Gasteiger partial charge in [0, 0.05) is 41.6 Å². The summed E-state index contributed by atoms with van der Waals surface area (Å²) in [6.07, 6.45) is 2.68. The lowest BCUT2D eigenvalue weighted by molar-refractivity contribution is 0.0983. The van der Waals surface area contributed by atoms with Crippen molar-refractivity contribution in [2.75, 3.05) is 24.7 Å². The van der Waals surface area contributed by atoms with Gasteiger partial charge in [0.1, 0.15) is 23.8 Å². The predicted octanol–water partition coefficient (Wildman–Crippen LogP) is 4.09. The monoisotopic (exact) mass is 546 g/mol. The van der Waals surface area contributed by atoms with Gasteiger partial charge in [0.2, 0.25) is 0 Å². The van der Waals surface area contributed by atoms with E-state index in [1.54, 1.807) is 45.2 Å². The summed E-state index contributed by atoms with van der Waals surface area (Å²) in [5.74, 6) is 3.23. The second-order valence-corrected chi connectivity index (χ2v) is 13.6. The lowest BCUT2D eigenvalue weighted by Crippen LogP contribution is -2.42. The summed E-state index contributed by atoms with van der Waals surface area (Å²) in [5.41, 5.74) is 1.88. The number of pyridine rings is 1. The molecule has 0 bridgehead atoms. The molecular formula is C27H32F2N4O4S. The van der Waals surface area contributed by atoms with Crippen LogP contribution >= 0.6 is 0 Å². The van der Waals surface area contributed by atoms with E-state index < -0.39 is 38.4 Å². The van der Waals surface area contributed by atoms with Crippen molar-refractivity contribution < 1.29 is 27.3 Å². The third kappa shape index (κ3) is 5.09. The minimum Gasteiger partial charge on any atom is -0.488 e. The molecule has 5 rings (SSSR count). The van der Waals surface area contributed by atoms with Gasteiger partial charge < -0.3 is 14.4 Å². The maximum Gasteiger partial charge on any atom is 0.266 e. The van der Waals surface area contributed by atoms with Crippen LogP contribution in [0.25, 0.3) is 5.52 Å². The van der Waals surface area contributed by atoms with Gasteiger partial charge in [-0.3, -0.25) is 9.52 Å². The summed E-state index contributed by atoms with van der Waals surface area (Å²) < 4.78 is 57.1. The van der Waals surface area contributed by atoms with Crippen LogP contribution in [0.1, 0.15) is 55.6 Å². The molecule has 1 amide bonds. The van der Waals surface area contributed by atoms with E-state index in [0.29, 0.717) is 35.7 Å². The Kier molecular flexibility index (Phi) is 6.85. The van der Waals surface area contributed by atoms with E-state index in [0.717, 1.165) is 6.42 Å². The van der Waals surface area contributed by atoms with Crippen LogP contribution in [-0.2, 0) is 14.4 Å². The van der Waals surface area contributed by atoms with E-state index in [1.807, 2.05) is 4.90 Å². The smallest absolute Gasteiger partial charge is 0.266 e. The van der Waals surface area contributed by atoms with Gasteiger partial charge in [-0.1, -0.05) is 0 Å². The lowest BCUT2D eigenvalue weighted by Gasteiger charge is -2.29. The Balaban J connectivity index is 1.49. The average molecular weight is 547 g/mol. The number of carbonyl (C=O) groups is 1. The zero-order chi connectivity index (χ0) is 27.2. The van der Waals surface area contributed by atoms with E-state index in [-0.39, 0.29) is 24.6 Å². The summed E-state index contributed by atoms with van der Waals surface area (Å²) in [6, 6.07) is 7.34. The first-order chi connectivity index (χ1) is 17.9. The third-order valence-electron chi connectivity index (χ3n) is 7.09. The number of nitrogens with one attached hydrogen (secondary N) is 1. The van der Waals surface area contributed by atoms with Crippen LogP contribution in [-0.4, -0.2) is 62.4 Å². The number of nitrogens with zero attached hydrogens (tertiary/aromatic N) is 3. The van der Waals surface area contributed by atoms with Crippen molar-refractivity contribution in [1.82, 2.24) is 14.3 Å². The second-order valence-electron chi connectivity index (χ2n) is 10.8. The minimum atomic E-state index is -2.94. The molecule has 2 fully saturated rings. The molecule has 2 aliphatic rings. The van der Waals surface area contributed by atoms with Crippen LogP contribution in [0.3, 0.4) is 0 Å². The molecule has 8 nitrogen and oxygen atoms in total. The molecule has 4 heterocycles. The Morgan fingerprint density at radius 2 is 2.08 bits per heavy atom. The summed E-state index contributed by atoms with van der Waals surface area (Å²) in [7, 11) is -2.94. The number of benzene rings is 1. The Bertz CT molecular complexity index is 1460. The Hall–Kier alpha value is -3.18. The van der Waals surface area contributed by atoms with Crippen molar-refractivity contribution in [2.45, 2.75) is 56.7 Å². The molecule has 3 aromatic rings. The fraction of sp³-hybridized carbons (Fsp3) is 0.444. The fourth-order valence-corrected chi connectivity index (χ4v) is 5.43. The highest BCUT2D eigenvalue weighted by atomic mass is 32.2. The van der Waals surface area contributed by atoms with Crippen molar-refractivity contribution in [1.29, 1.82) is 0 Å². The first-order valence-corrected chi connectivity index (χ1v) is 14.3. The van der Waals surface area contributed by atoms with Crippen LogP contribution in [0.2, 0.25) is 0 Å². The van der Waals surface area contributed by atoms with E-state index in [1.165, 1.54) is 22.8 Å². The number of amides is 1. The van der Waals surface area contributed by atoms with Crippen molar-refractivity contribution >= 4 is 32.7 Å². The molecule has 2 unspecified atom stereocenters. The molecule has 2 aromatic heterocycles. The largest absolute Gasteiger partial charge is 0.488 e. The van der Waals surface area contributed by atoms with E-state index in [2.05, 4.69) is 15.7 Å². The SMILES string of the molecule is C=S(=O)(NC(=O)c1cnn2ccc(N3C[C@@H](F)C[C@@H]3c3cc(F)ccc3OC3CCOC3)cc12)C(C)(C)C. The molecular weight excluding hydrogens is 514 g/mol. The number of rotatable bonds is 6. The normalized spacial score (nSPS) is 23.5. The van der Waals surface area contributed by atoms with Crippen LogP contribution in [0.4, 0.5) is 14.5 Å². The molecule has 0 spiro atoms. The molecule has 1 N–H and O–H groups in total. The highest BCUT2D eigenvalue weighted by molar-refractivity contribution is 8.00. The van der Waals surface area contributed by atoms with Crippen LogP contribution < -0.4 is 14.4 Å². The summed E-state index contributed by atoms with van der Waals surface area (Å²) in [6.45, 7) is 6.36. The van der Waals surface area contributed by atoms with Crippen molar-refractivity contribution in [3.63, 3.8) is 0 Å². The highest BCUT2D eigenvalue weighted by Gasteiger charge is 2.36. The number of hydrogen-bond donors (Lipinski definition) is 1. The van der Waals surface area contributed by atoms with Crippen LogP contribution in [0.15, 0.2) is 42.7 Å². The van der Waals surface area contributed by atoms with Gasteiger partial charge in [-0.25, -0.2) is 17.5 Å². The number of hydrogen-bond acceptors (Lipinski definition) is 6. The van der Waals surface area contributed by atoms with Gasteiger partial charge in [0.25, 0.3) is 5.91 Å².